The molecule has 0 unspecified atom stereocenters. The van der Waals surface area contributed by atoms with Crippen molar-refractivity contribution in [2.24, 2.45) is 0 Å². The van der Waals surface area contributed by atoms with Crippen LogP contribution in [0.1, 0.15) is 18.1 Å². The fraction of sp³-hybridized carbons (Fsp3) is 0.158. The molecule has 1 aliphatic rings. The summed E-state index contributed by atoms with van der Waals surface area (Å²) in [5.41, 5.74) is 1.27. The Morgan fingerprint density at radius 2 is 1.90 bits per heavy atom. The maximum atomic E-state index is 12.8. The van der Waals surface area contributed by atoms with Crippen LogP contribution in [0.25, 0.3) is 6.08 Å². The third-order valence-corrected chi connectivity index (χ3v) is 7.76. The molecule has 29 heavy (non-hydrogen) atoms. The van der Waals surface area contributed by atoms with E-state index in [1.807, 2.05) is 0 Å². The highest BCUT2D eigenvalue weighted by atomic mass is 79.9. The molecule has 0 aromatic heterocycles. The van der Waals surface area contributed by atoms with Crippen LogP contribution in [0.4, 0.5) is 4.79 Å². The summed E-state index contributed by atoms with van der Waals surface area (Å²) in [6.45, 7) is 2.24. The summed E-state index contributed by atoms with van der Waals surface area (Å²) < 4.78 is 6.35. The highest BCUT2D eigenvalue weighted by Gasteiger charge is 2.35. The number of nitrogens with zero attached hydrogens (tertiary/aromatic N) is 1. The molecule has 1 heterocycles. The van der Waals surface area contributed by atoms with Gasteiger partial charge >= 0.3 is 0 Å². The van der Waals surface area contributed by atoms with Crippen molar-refractivity contribution in [3.05, 3.63) is 59.3 Å². The van der Waals surface area contributed by atoms with Gasteiger partial charge in [0.25, 0.3) is 11.1 Å². The maximum Gasteiger partial charge on any atom is 0.293 e. The van der Waals surface area contributed by atoms with Crippen LogP contribution >= 0.6 is 66.8 Å². The van der Waals surface area contributed by atoms with Crippen molar-refractivity contribution >= 4 is 84.0 Å². The lowest BCUT2D eigenvalue weighted by molar-refractivity contribution is -0.123. The first-order chi connectivity index (χ1) is 13.7. The van der Waals surface area contributed by atoms with Gasteiger partial charge < -0.3 is 9.84 Å². The van der Waals surface area contributed by atoms with Gasteiger partial charge in [0.05, 0.1) is 32.6 Å². The zero-order valence-corrected chi connectivity index (χ0v) is 20.3. The van der Waals surface area contributed by atoms with Crippen molar-refractivity contribution in [3.63, 3.8) is 0 Å². The SMILES string of the molecule is CCOc1cc(/C=C2\SC(=O)N(Cc3ccc(Cl)c(Cl)c3)C2=O)c(Br)c(Br)c1O. The molecule has 1 N–H and O–H groups in total. The molecule has 2 aromatic carbocycles. The van der Waals surface area contributed by atoms with Crippen LogP contribution < -0.4 is 4.74 Å². The zero-order valence-electron chi connectivity index (χ0n) is 14.8. The molecule has 0 atom stereocenters. The normalized spacial score (nSPS) is 15.5. The Labute approximate surface area is 198 Å². The Bertz CT molecular complexity index is 1050. The molecule has 2 amide bonds. The number of carbonyl (C=O) groups excluding carboxylic acids is 2. The lowest BCUT2D eigenvalue weighted by Gasteiger charge is -2.13. The largest absolute Gasteiger partial charge is 0.503 e. The molecule has 10 heteroatoms. The fourth-order valence-electron chi connectivity index (χ4n) is 2.58. The van der Waals surface area contributed by atoms with Gasteiger partial charge in [-0.15, -0.1) is 0 Å². The van der Waals surface area contributed by atoms with Crippen LogP contribution in [0.2, 0.25) is 10.0 Å². The number of thioether (sulfide) groups is 1. The lowest BCUT2D eigenvalue weighted by Crippen LogP contribution is -2.27. The van der Waals surface area contributed by atoms with Gasteiger partial charge in [-0.3, -0.25) is 14.5 Å². The molecular weight excluding hydrogens is 569 g/mol. The highest BCUT2D eigenvalue weighted by Crippen LogP contribution is 2.44. The topological polar surface area (TPSA) is 66.8 Å². The van der Waals surface area contributed by atoms with Crippen LogP contribution in [-0.2, 0) is 11.3 Å². The number of hydrogen-bond donors (Lipinski definition) is 1. The fourth-order valence-corrected chi connectivity index (χ4v) is 4.57. The smallest absolute Gasteiger partial charge is 0.293 e. The summed E-state index contributed by atoms with van der Waals surface area (Å²) in [5, 5.41) is 10.5. The summed E-state index contributed by atoms with van der Waals surface area (Å²) in [6, 6.07) is 6.55. The molecule has 0 saturated carbocycles. The van der Waals surface area contributed by atoms with E-state index in [2.05, 4.69) is 31.9 Å². The summed E-state index contributed by atoms with van der Waals surface area (Å²) in [7, 11) is 0. The third kappa shape index (κ3) is 4.77. The quantitative estimate of drug-likeness (QED) is 0.391. The van der Waals surface area contributed by atoms with E-state index >= 15 is 0 Å². The average Bonchev–Trinajstić information content (AvgIpc) is 2.94. The predicted octanol–water partition coefficient (Wildman–Crippen LogP) is 6.86. The van der Waals surface area contributed by atoms with Crippen LogP contribution in [0.15, 0.2) is 38.1 Å². The molecule has 1 fully saturated rings. The Morgan fingerprint density at radius 1 is 1.17 bits per heavy atom. The van der Waals surface area contributed by atoms with Crippen molar-refractivity contribution in [2.45, 2.75) is 13.5 Å². The van der Waals surface area contributed by atoms with E-state index in [4.69, 9.17) is 27.9 Å². The standard InChI is InChI=1S/C19H13Br2Cl2NO4S/c1-2-28-13-6-10(15(20)16(21)17(13)25)7-14-18(26)24(19(27)29-14)8-9-3-4-11(22)12(23)5-9/h3-7,25H,2,8H2,1H3/b14-7-. The van der Waals surface area contributed by atoms with Crippen molar-refractivity contribution < 1.29 is 19.4 Å². The number of rotatable bonds is 5. The molecule has 1 saturated heterocycles. The van der Waals surface area contributed by atoms with Gasteiger partial charge in [-0.2, -0.15) is 0 Å². The van der Waals surface area contributed by atoms with Gasteiger partial charge in [0.1, 0.15) is 0 Å². The van der Waals surface area contributed by atoms with Gasteiger partial charge in [0.15, 0.2) is 11.5 Å². The monoisotopic (exact) mass is 579 g/mol. The van der Waals surface area contributed by atoms with Crippen molar-refractivity contribution in [1.82, 2.24) is 4.90 Å². The molecular formula is C19H13Br2Cl2NO4S. The minimum atomic E-state index is -0.417. The summed E-state index contributed by atoms with van der Waals surface area (Å²) >= 11 is 19.5. The van der Waals surface area contributed by atoms with Crippen molar-refractivity contribution in [2.75, 3.05) is 6.61 Å². The minimum Gasteiger partial charge on any atom is -0.503 e. The highest BCUT2D eigenvalue weighted by molar-refractivity contribution is 9.13. The van der Waals surface area contributed by atoms with Crippen LogP contribution in [-0.4, -0.2) is 27.8 Å². The van der Waals surface area contributed by atoms with Crippen molar-refractivity contribution in [3.8, 4) is 11.5 Å². The lowest BCUT2D eigenvalue weighted by atomic mass is 10.1. The minimum absolute atomic E-state index is 0.0522. The number of benzene rings is 2. The zero-order chi connectivity index (χ0) is 21.3. The van der Waals surface area contributed by atoms with Crippen molar-refractivity contribution in [1.29, 1.82) is 0 Å². The molecule has 3 rings (SSSR count). The molecule has 0 spiro atoms. The summed E-state index contributed by atoms with van der Waals surface area (Å²) in [4.78, 5) is 26.6. The Morgan fingerprint density at radius 3 is 2.55 bits per heavy atom. The number of halogens is 4. The first-order valence-electron chi connectivity index (χ1n) is 8.26. The second-order valence-electron chi connectivity index (χ2n) is 5.89. The molecule has 2 aromatic rings. The number of phenols is 1. The second-order valence-corrected chi connectivity index (χ2v) is 9.28. The second kappa shape index (κ2) is 9.31. The van der Waals surface area contributed by atoms with Gasteiger partial charge in [0, 0.05) is 4.47 Å². The molecule has 0 aliphatic carbocycles. The predicted molar refractivity (Wildman–Crippen MR) is 123 cm³/mol. The number of phenolic OH excluding ortho intramolecular Hbond substituents is 1. The van der Waals surface area contributed by atoms with Gasteiger partial charge in [-0.05, 0) is 85.9 Å². The van der Waals surface area contributed by atoms with Crippen LogP contribution in [0.5, 0.6) is 11.5 Å². The van der Waals surface area contributed by atoms with Gasteiger partial charge in [-0.1, -0.05) is 29.3 Å². The number of aromatic hydroxyl groups is 1. The Balaban J connectivity index is 1.91. The Kier molecular flexibility index (Phi) is 7.22. The van der Waals surface area contributed by atoms with E-state index in [0.717, 1.165) is 16.7 Å². The molecule has 5 nitrogen and oxygen atoms in total. The average molecular weight is 582 g/mol. The van der Waals surface area contributed by atoms with Gasteiger partial charge in [-0.25, -0.2) is 0 Å². The van der Waals surface area contributed by atoms with Gasteiger partial charge in [0.2, 0.25) is 0 Å². The molecule has 0 bridgehead atoms. The molecule has 1 aliphatic heterocycles. The van der Waals surface area contributed by atoms with E-state index in [-0.39, 0.29) is 28.2 Å². The maximum absolute atomic E-state index is 12.8. The first kappa shape index (κ1) is 22.5. The van der Waals surface area contributed by atoms with E-state index in [1.165, 1.54) is 0 Å². The van der Waals surface area contributed by atoms with E-state index < -0.39 is 5.91 Å². The number of hydrogen-bond acceptors (Lipinski definition) is 5. The molecule has 0 radical (unpaired) electrons. The third-order valence-electron chi connectivity index (χ3n) is 3.96. The number of amides is 2. The first-order valence-corrected chi connectivity index (χ1v) is 11.4. The van der Waals surface area contributed by atoms with E-state index in [0.29, 0.717) is 36.7 Å². The summed E-state index contributed by atoms with van der Waals surface area (Å²) in [5.74, 6) is -0.201. The van der Waals surface area contributed by atoms with Crippen LogP contribution in [0.3, 0.4) is 0 Å². The number of ether oxygens (including phenoxy) is 1. The van der Waals surface area contributed by atoms with E-state index in [1.54, 1.807) is 37.3 Å². The van der Waals surface area contributed by atoms with Crippen LogP contribution in [0, 0.1) is 0 Å². The molecule has 152 valence electrons. The van der Waals surface area contributed by atoms with E-state index in [9.17, 15) is 14.7 Å². The summed E-state index contributed by atoms with van der Waals surface area (Å²) in [6.07, 6.45) is 1.58. The number of carbonyl (C=O) groups is 2. The number of imide groups is 1. The Hall–Kier alpha value is -1.19.